The number of pyridine rings is 1. The molecule has 0 aliphatic heterocycles. The zero-order valence-electron chi connectivity index (χ0n) is 21.8. The molecule has 0 amide bonds. The number of nitrogens with zero attached hydrogens (tertiary/aromatic N) is 2. The maximum absolute atomic E-state index is 7.73. The van der Waals surface area contributed by atoms with Crippen LogP contribution in [0, 0.1) is 5.41 Å². The minimum atomic E-state index is 0.345. The van der Waals surface area contributed by atoms with E-state index in [1.165, 1.54) is 17.3 Å². The molecule has 0 saturated carbocycles. The number of H-pyrrole nitrogens is 1. The highest BCUT2D eigenvalue weighted by molar-refractivity contribution is 7.08. The molecule has 0 spiro atoms. The van der Waals surface area contributed by atoms with Crippen LogP contribution in [0.25, 0.3) is 22.3 Å². The normalized spacial score (nSPS) is 15.4. The Morgan fingerprint density at radius 2 is 2.08 bits per heavy atom. The molecule has 188 valence electrons. The second-order valence-electron chi connectivity index (χ2n) is 9.84. The van der Waals surface area contributed by atoms with Gasteiger partial charge in [0.05, 0.1) is 11.4 Å². The van der Waals surface area contributed by atoms with E-state index in [0.29, 0.717) is 12.0 Å². The predicted octanol–water partition coefficient (Wildman–Crippen LogP) is 7.94. The number of aromatic amines is 1. The molecule has 5 nitrogen and oxygen atoms in total. The first-order valence-corrected chi connectivity index (χ1v) is 13.8. The number of thiophene rings is 1. The lowest BCUT2D eigenvalue weighted by molar-refractivity contribution is 0.767. The fraction of sp³-hybridized carbons (Fsp3) is 0.258. The highest BCUT2D eigenvalue weighted by Crippen LogP contribution is 2.40. The Kier molecular flexibility index (Phi) is 7.19. The number of nitrogens with one attached hydrogen (secondary N) is 3. The number of fused-ring (bicyclic) bond motifs is 1. The Balaban J connectivity index is 1.59. The molecule has 37 heavy (non-hydrogen) atoms. The highest BCUT2D eigenvalue weighted by atomic mass is 32.1. The fourth-order valence-electron chi connectivity index (χ4n) is 4.99. The molecule has 6 heteroatoms. The van der Waals surface area contributed by atoms with Gasteiger partial charge in [0.1, 0.15) is 5.82 Å². The van der Waals surface area contributed by atoms with Gasteiger partial charge in [0, 0.05) is 47.1 Å². The molecular weight excluding hydrogens is 474 g/mol. The molecule has 0 bridgehead atoms. The topological polar surface area (TPSA) is 77.5 Å². The van der Waals surface area contributed by atoms with Crippen molar-refractivity contribution in [3.8, 4) is 11.1 Å². The number of allylic oxidation sites excluding steroid dienone is 2. The van der Waals surface area contributed by atoms with Gasteiger partial charge in [-0.2, -0.15) is 11.3 Å². The third kappa shape index (κ3) is 5.07. The monoisotopic (exact) mass is 507 g/mol. The summed E-state index contributed by atoms with van der Waals surface area (Å²) < 4.78 is 0. The van der Waals surface area contributed by atoms with E-state index in [-0.39, 0.29) is 0 Å². The minimum absolute atomic E-state index is 0.345. The van der Waals surface area contributed by atoms with Gasteiger partial charge in [-0.05, 0) is 89.9 Å². The lowest BCUT2D eigenvalue weighted by Crippen LogP contribution is -2.09. The number of anilines is 1. The molecule has 4 aromatic rings. The molecular formula is C31H33N5S. The molecule has 1 atom stereocenters. The predicted molar refractivity (Wildman–Crippen MR) is 157 cm³/mol. The van der Waals surface area contributed by atoms with Crippen LogP contribution in [0.5, 0.6) is 0 Å². The average molecular weight is 508 g/mol. The first-order valence-electron chi connectivity index (χ1n) is 12.9. The molecule has 0 radical (unpaired) electrons. The van der Waals surface area contributed by atoms with Crippen LogP contribution in [0.2, 0.25) is 0 Å². The summed E-state index contributed by atoms with van der Waals surface area (Å²) in [4.78, 5) is 13.3. The van der Waals surface area contributed by atoms with Crippen molar-refractivity contribution in [2.24, 2.45) is 0 Å². The average Bonchev–Trinajstić information content (AvgIpc) is 3.58. The summed E-state index contributed by atoms with van der Waals surface area (Å²) in [6, 6.07) is 11.4. The van der Waals surface area contributed by atoms with E-state index in [1.54, 1.807) is 11.3 Å². The fourth-order valence-corrected chi connectivity index (χ4v) is 5.65. The van der Waals surface area contributed by atoms with Crippen LogP contribution in [-0.4, -0.2) is 27.2 Å². The van der Waals surface area contributed by atoms with Crippen LogP contribution in [0.15, 0.2) is 65.6 Å². The Labute approximate surface area is 222 Å². The van der Waals surface area contributed by atoms with Crippen molar-refractivity contribution in [3.05, 3.63) is 99.5 Å². The summed E-state index contributed by atoms with van der Waals surface area (Å²) in [7, 11) is 0. The zero-order chi connectivity index (χ0) is 25.9. The first-order chi connectivity index (χ1) is 18.0. The third-order valence-electron chi connectivity index (χ3n) is 6.80. The smallest absolute Gasteiger partial charge is 0.138 e. The van der Waals surface area contributed by atoms with E-state index >= 15 is 0 Å². The van der Waals surface area contributed by atoms with Gasteiger partial charge >= 0.3 is 0 Å². The Morgan fingerprint density at radius 1 is 1.22 bits per heavy atom. The molecule has 0 fully saturated rings. The number of benzene rings is 1. The Morgan fingerprint density at radius 3 is 2.81 bits per heavy atom. The number of imidazole rings is 1. The number of hydrogen-bond donors (Lipinski definition) is 3. The first kappa shape index (κ1) is 24.9. The lowest BCUT2D eigenvalue weighted by atomic mass is 9.82. The van der Waals surface area contributed by atoms with Crippen LogP contribution in [0.1, 0.15) is 73.9 Å². The van der Waals surface area contributed by atoms with Crippen molar-refractivity contribution in [3.63, 3.8) is 0 Å². The van der Waals surface area contributed by atoms with Gasteiger partial charge in [-0.3, -0.25) is 4.98 Å². The van der Waals surface area contributed by atoms with E-state index in [1.807, 2.05) is 18.5 Å². The van der Waals surface area contributed by atoms with E-state index in [2.05, 4.69) is 90.1 Å². The Hall–Kier alpha value is -3.77. The van der Waals surface area contributed by atoms with Gasteiger partial charge in [-0.1, -0.05) is 32.1 Å². The number of aromatic nitrogens is 3. The molecule has 3 aromatic heterocycles. The van der Waals surface area contributed by atoms with Crippen molar-refractivity contribution >= 4 is 34.4 Å². The summed E-state index contributed by atoms with van der Waals surface area (Å²) in [6.07, 6.45) is 11.1. The summed E-state index contributed by atoms with van der Waals surface area (Å²) in [6.45, 7) is 8.69. The molecule has 1 aliphatic rings. The summed E-state index contributed by atoms with van der Waals surface area (Å²) in [5.74, 6) is 1.33. The number of rotatable bonds is 8. The van der Waals surface area contributed by atoms with E-state index in [4.69, 9.17) is 10.4 Å². The summed E-state index contributed by atoms with van der Waals surface area (Å²) in [5.41, 5.74) is 11.0. The van der Waals surface area contributed by atoms with Gasteiger partial charge < -0.3 is 15.7 Å². The van der Waals surface area contributed by atoms with Gasteiger partial charge in [-0.25, -0.2) is 4.98 Å². The molecule has 5 rings (SSSR count). The van der Waals surface area contributed by atoms with E-state index in [0.717, 1.165) is 63.6 Å². The summed E-state index contributed by atoms with van der Waals surface area (Å²) in [5, 5.41) is 15.4. The largest absolute Gasteiger partial charge is 0.382 e. The van der Waals surface area contributed by atoms with Crippen LogP contribution in [-0.2, 0) is 6.42 Å². The van der Waals surface area contributed by atoms with Crippen LogP contribution in [0.4, 0.5) is 5.69 Å². The van der Waals surface area contributed by atoms with Crippen molar-refractivity contribution in [1.82, 2.24) is 15.0 Å². The van der Waals surface area contributed by atoms with Crippen molar-refractivity contribution < 1.29 is 0 Å². The van der Waals surface area contributed by atoms with Crippen molar-refractivity contribution in [2.45, 2.75) is 52.5 Å². The van der Waals surface area contributed by atoms with Crippen molar-refractivity contribution in [2.75, 3.05) is 5.32 Å². The van der Waals surface area contributed by atoms with Gasteiger partial charge in [0.25, 0.3) is 0 Å². The molecule has 0 unspecified atom stereocenters. The van der Waals surface area contributed by atoms with Gasteiger partial charge in [0.15, 0.2) is 0 Å². The Bertz CT molecular complexity index is 1470. The van der Waals surface area contributed by atoms with E-state index < -0.39 is 0 Å². The minimum Gasteiger partial charge on any atom is -0.382 e. The van der Waals surface area contributed by atoms with Crippen molar-refractivity contribution in [1.29, 1.82) is 5.41 Å². The van der Waals surface area contributed by atoms with Gasteiger partial charge in [0.2, 0.25) is 0 Å². The highest BCUT2D eigenvalue weighted by Gasteiger charge is 2.24. The number of aryl methyl sites for hydroxylation is 1. The van der Waals surface area contributed by atoms with E-state index in [9.17, 15) is 0 Å². The maximum Gasteiger partial charge on any atom is 0.138 e. The third-order valence-corrected chi connectivity index (χ3v) is 7.48. The summed E-state index contributed by atoms with van der Waals surface area (Å²) >= 11 is 1.66. The molecule has 3 heterocycles. The quantitative estimate of drug-likeness (QED) is 0.212. The molecule has 0 saturated heterocycles. The number of hydrogen-bond acceptors (Lipinski definition) is 5. The standard InChI is InChI=1S/C31H33N5S/c1-5-29-30(26(10-12-32)22-11-13-37-18-22)36-31(35-29)27-8-6-20(4)25-9-7-21(15-28(25)27)23-14-24(17-33-16-23)34-19(2)3/h7-20,32,34H,5-6H2,1-4H3,(H,35,36)/b26-10-,32-12?/t20-/m1/s1. The van der Waals surface area contributed by atoms with Gasteiger partial charge in [-0.15, -0.1) is 0 Å². The second-order valence-corrected chi connectivity index (χ2v) is 10.6. The molecule has 1 aromatic carbocycles. The lowest BCUT2D eigenvalue weighted by Gasteiger charge is -2.23. The van der Waals surface area contributed by atoms with Crippen LogP contribution < -0.4 is 5.32 Å². The SMILES string of the molecule is CCc1[nH]c(C2=CC[C@@H](C)c3ccc(-c4cncc(NC(C)C)c4)cc32)nc1/C(=C\C=N)c1ccsc1. The van der Waals surface area contributed by atoms with Crippen LogP contribution >= 0.6 is 11.3 Å². The maximum atomic E-state index is 7.73. The molecule has 3 N–H and O–H groups in total. The zero-order valence-corrected chi connectivity index (χ0v) is 22.6. The van der Waals surface area contributed by atoms with Crippen LogP contribution in [0.3, 0.4) is 0 Å². The second kappa shape index (κ2) is 10.7. The molecule has 1 aliphatic carbocycles.